The second-order valence-electron chi connectivity index (χ2n) is 5.30. The van der Waals surface area contributed by atoms with Crippen LogP contribution in [-0.2, 0) is 6.54 Å². The topological polar surface area (TPSA) is 20.7 Å². The summed E-state index contributed by atoms with van der Waals surface area (Å²) < 4.78 is 16.9. The minimum atomic E-state index is -0.240. The molecule has 0 atom stereocenters. The molecule has 5 heteroatoms. The van der Waals surface area contributed by atoms with Crippen LogP contribution in [0.3, 0.4) is 0 Å². The van der Waals surface area contributed by atoms with Crippen molar-refractivity contribution in [3.63, 3.8) is 0 Å². The van der Waals surface area contributed by atoms with E-state index in [1.807, 2.05) is 4.57 Å². The first-order chi connectivity index (χ1) is 9.15. The third kappa shape index (κ3) is 2.63. The minimum Gasteiger partial charge on any atom is -0.331 e. The fourth-order valence-electron chi connectivity index (χ4n) is 2.98. The van der Waals surface area contributed by atoms with Crippen LogP contribution < -0.4 is 0 Å². The SMILES string of the molecule is Fc1cc2c(cc1Br)[nH]c(=S)n2CCC1CCCC1. The highest BCUT2D eigenvalue weighted by Gasteiger charge is 2.16. The summed E-state index contributed by atoms with van der Waals surface area (Å²) in [5.41, 5.74) is 1.76. The van der Waals surface area contributed by atoms with Gasteiger partial charge in [-0.1, -0.05) is 25.7 Å². The van der Waals surface area contributed by atoms with E-state index in [1.54, 1.807) is 12.1 Å². The molecule has 19 heavy (non-hydrogen) atoms. The number of nitrogens with one attached hydrogen (secondary N) is 1. The van der Waals surface area contributed by atoms with E-state index in [-0.39, 0.29) is 5.82 Å². The lowest BCUT2D eigenvalue weighted by Gasteiger charge is -2.10. The van der Waals surface area contributed by atoms with Crippen LogP contribution >= 0.6 is 28.1 Å². The summed E-state index contributed by atoms with van der Waals surface area (Å²) in [6.07, 6.45) is 6.50. The van der Waals surface area contributed by atoms with Crippen molar-refractivity contribution in [3.8, 4) is 0 Å². The van der Waals surface area contributed by atoms with Crippen LogP contribution in [0.4, 0.5) is 4.39 Å². The molecule has 0 aliphatic heterocycles. The quantitative estimate of drug-likeness (QED) is 0.762. The van der Waals surface area contributed by atoms with Gasteiger partial charge >= 0.3 is 0 Å². The molecule has 1 fully saturated rings. The van der Waals surface area contributed by atoms with Gasteiger partial charge in [-0.15, -0.1) is 0 Å². The molecular weight excluding hydrogens is 327 g/mol. The van der Waals surface area contributed by atoms with E-state index in [9.17, 15) is 4.39 Å². The molecule has 0 unspecified atom stereocenters. The molecule has 0 amide bonds. The minimum absolute atomic E-state index is 0.240. The van der Waals surface area contributed by atoms with Crippen molar-refractivity contribution in [1.82, 2.24) is 9.55 Å². The van der Waals surface area contributed by atoms with Gasteiger partial charge in [0.2, 0.25) is 0 Å². The second-order valence-corrected chi connectivity index (χ2v) is 6.55. The largest absolute Gasteiger partial charge is 0.331 e. The molecule has 1 aliphatic rings. The number of halogens is 2. The van der Waals surface area contributed by atoms with Gasteiger partial charge in [-0.25, -0.2) is 4.39 Å². The summed E-state index contributed by atoms with van der Waals surface area (Å²) in [7, 11) is 0. The Morgan fingerprint density at radius 1 is 1.37 bits per heavy atom. The lowest BCUT2D eigenvalue weighted by atomic mass is 10.0. The maximum absolute atomic E-state index is 13.7. The number of rotatable bonds is 3. The van der Waals surface area contributed by atoms with Gasteiger partial charge in [0.25, 0.3) is 0 Å². The highest BCUT2D eigenvalue weighted by molar-refractivity contribution is 9.10. The number of H-pyrrole nitrogens is 1. The second kappa shape index (κ2) is 5.37. The summed E-state index contributed by atoms with van der Waals surface area (Å²) in [6.45, 7) is 0.880. The van der Waals surface area contributed by atoms with Crippen molar-refractivity contribution in [2.45, 2.75) is 38.6 Å². The van der Waals surface area contributed by atoms with E-state index in [2.05, 4.69) is 20.9 Å². The van der Waals surface area contributed by atoms with Crippen LogP contribution in [0.2, 0.25) is 0 Å². The van der Waals surface area contributed by atoms with Crippen LogP contribution in [0.1, 0.15) is 32.1 Å². The first-order valence-electron chi connectivity index (χ1n) is 6.72. The van der Waals surface area contributed by atoms with Crippen LogP contribution in [0.25, 0.3) is 11.0 Å². The first kappa shape index (κ1) is 13.3. The fraction of sp³-hybridized carbons (Fsp3) is 0.500. The lowest BCUT2D eigenvalue weighted by Crippen LogP contribution is -2.03. The fourth-order valence-corrected chi connectivity index (χ4v) is 3.63. The molecule has 102 valence electrons. The first-order valence-corrected chi connectivity index (χ1v) is 7.93. The Hall–Kier alpha value is -0.680. The van der Waals surface area contributed by atoms with Crippen molar-refractivity contribution >= 4 is 39.2 Å². The lowest BCUT2D eigenvalue weighted by molar-refractivity contribution is 0.460. The van der Waals surface area contributed by atoms with E-state index >= 15 is 0 Å². The van der Waals surface area contributed by atoms with Gasteiger partial charge in [-0.2, -0.15) is 0 Å². The maximum Gasteiger partial charge on any atom is 0.178 e. The van der Waals surface area contributed by atoms with Crippen LogP contribution in [0, 0.1) is 16.5 Å². The maximum atomic E-state index is 13.7. The summed E-state index contributed by atoms with van der Waals surface area (Å²) in [5.74, 6) is 0.572. The predicted molar refractivity (Wildman–Crippen MR) is 81.4 cm³/mol. The number of benzene rings is 1. The summed E-state index contributed by atoms with van der Waals surface area (Å²) >= 11 is 8.55. The predicted octanol–water partition coefficient (Wildman–Crippen LogP) is 5.18. The Labute approximate surface area is 125 Å². The van der Waals surface area contributed by atoms with E-state index in [0.717, 1.165) is 29.9 Å². The zero-order valence-corrected chi connectivity index (χ0v) is 13.0. The van der Waals surface area contributed by atoms with E-state index < -0.39 is 0 Å². The number of aryl methyl sites for hydroxylation is 1. The molecule has 1 aromatic carbocycles. The van der Waals surface area contributed by atoms with Crippen LogP contribution in [0.15, 0.2) is 16.6 Å². The van der Waals surface area contributed by atoms with Crippen molar-refractivity contribution in [1.29, 1.82) is 0 Å². The molecule has 1 saturated carbocycles. The number of nitrogens with zero attached hydrogens (tertiary/aromatic N) is 1. The molecule has 0 spiro atoms. The molecule has 1 aromatic heterocycles. The molecule has 2 aromatic rings. The van der Waals surface area contributed by atoms with Gasteiger partial charge in [0.15, 0.2) is 4.77 Å². The Balaban J connectivity index is 1.91. The van der Waals surface area contributed by atoms with Crippen molar-refractivity contribution in [2.24, 2.45) is 5.92 Å². The monoisotopic (exact) mass is 342 g/mol. The van der Waals surface area contributed by atoms with Crippen LogP contribution in [-0.4, -0.2) is 9.55 Å². The number of aromatic amines is 1. The number of aromatic nitrogens is 2. The highest BCUT2D eigenvalue weighted by Crippen LogP contribution is 2.29. The highest BCUT2D eigenvalue weighted by atomic mass is 79.9. The van der Waals surface area contributed by atoms with Gasteiger partial charge in [0.1, 0.15) is 5.82 Å². The van der Waals surface area contributed by atoms with E-state index in [4.69, 9.17) is 12.2 Å². The van der Waals surface area contributed by atoms with Gasteiger partial charge < -0.3 is 9.55 Å². The Bertz CT molecular complexity index is 655. The molecule has 2 nitrogen and oxygen atoms in total. The molecule has 3 rings (SSSR count). The summed E-state index contributed by atoms with van der Waals surface area (Å²) in [4.78, 5) is 3.15. The summed E-state index contributed by atoms with van der Waals surface area (Å²) in [5, 5.41) is 0. The molecule has 1 aliphatic carbocycles. The smallest absolute Gasteiger partial charge is 0.178 e. The molecule has 0 bridgehead atoms. The zero-order valence-electron chi connectivity index (χ0n) is 10.6. The van der Waals surface area contributed by atoms with Gasteiger partial charge in [0, 0.05) is 12.6 Å². The van der Waals surface area contributed by atoms with Gasteiger partial charge in [0.05, 0.1) is 15.5 Å². The molecular formula is C14H16BrFN2S. The number of hydrogen-bond donors (Lipinski definition) is 1. The van der Waals surface area contributed by atoms with Crippen molar-refractivity contribution < 1.29 is 4.39 Å². The van der Waals surface area contributed by atoms with Crippen molar-refractivity contribution in [3.05, 3.63) is 27.2 Å². The average molecular weight is 343 g/mol. The standard InChI is InChI=1S/C14H16BrFN2S/c15-10-7-12-13(8-11(10)16)18(14(19)17-12)6-5-9-3-1-2-4-9/h7-9H,1-6H2,(H,17,19). The molecule has 0 radical (unpaired) electrons. The zero-order chi connectivity index (χ0) is 13.4. The third-order valence-electron chi connectivity index (χ3n) is 4.05. The Morgan fingerprint density at radius 2 is 2.11 bits per heavy atom. The number of imidazole rings is 1. The normalized spacial score (nSPS) is 16.5. The van der Waals surface area contributed by atoms with E-state index in [1.165, 1.54) is 25.7 Å². The van der Waals surface area contributed by atoms with Gasteiger partial charge in [-0.05, 0) is 46.6 Å². The number of fused-ring (bicyclic) bond motifs is 1. The van der Waals surface area contributed by atoms with Gasteiger partial charge in [-0.3, -0.25) is 0 Å². The third-order valence-corrected chi connectivity index (χ3v) is 4.98. The molecule has 1 N–H and O–H groups in total. The Morgan fingerprint density at radius 3 is 2.84 bits per heavy atom. The number of hydrogen-bond acceptors (Lipinski definition) is 1. The Kier molecular flexibility index (Phi) is 3.76. The average Bonchev–Trinajstić information content (AvgIpc) is 2.96. The molecule has 0 saturated heterocycles. The van der Waals surface area contributed by atoms with E-state index in [0.29, 0.717) is 9.24 Å². The molecule has 1 heterocycles. The summed E-state index contributed by atoms with van der Waals surface area (Å²) in [6, 6.07) is 3.31. The van der Waals surface area contributed by atoms with Crippen LogP contribution in [0.5, 0.6) is 0 Å². The van der Waals surface area contributed by atoms with Crippen molar-refractivity contribution in [2.75, 3.05) is 0 Å².